The monoisotopic (exact) mass is 458 g/mol. The minimum Gasteiger partial charge on any atom is -0.491 e. The quantitative estimate of drug-likeness (QED) is 0.344. The van der Waals surface area contributed by atoms with E-state index in [1.54, 1.807) is 0 Å². The minimum absolute atomic E-state index is 0.151. The summed E-state index contributed by atoms with van der Waals surface area (Å²) in [6.45, 7) is 9.64. The Morgan fingerprint density at radius 3 is 2.09 bits per heavy atom. The molecule has 1 unspecified atom stereocenters. The second-order valence-electron chi connectivity index (χ2n) is 9.47. The van der Waals surface area contributed by atoms with Gasteiger partial charge in [0.05, 0.1) is 6.04 Å². The Morgan fingerprint density at radius 2 is 1.50 bits per heavy atom. The number of nitrogens with one attached hydrogen (secondary N) is 1. The number of nitrogens with zero attached hydrogens (tertiary/aromatic N) is 1. The molecular formula is C30H38N2O2. The van der Waals surface area contributed by atoms with Crippen molar-refractivity contribution in [3.63, 3.8) is 0 Å². The molecule has 34 heavy (non-hydrogen) atoms. The van der Waals surface area contributed by atoms with Crippen molar-refractivity contribution in [3.8, 4) is 5.75 Å². The van der Waals surface area contributed by atoms with E-state index in [1.807, 2.05) is 30.3 Å². The van der Waals surface area contributed by atoms with E-state index in [2.05, 4.69) is 98.4 Å². The highest BCUT2D eigenvalue weighted by Gasteiger charge is 2.26. The van der Waals surface area contributed by atoms with E-state index >= 15 is 0 Å². The topological polar surface area (TPSA) is 44.7 Å². The Balaban J connectivity index is 1.58. The molecule has 2 N–H and O–H groups in total. The number of para-hydroxylation sites is 1. The fourth-order valence-electron chi connectivity index (χ4n) is 4.35. The molecular weight excluding hydrogens is 420 g/mol. The summed E-state index contributed by atoms with van der Waals surface area (Å²) in [6, 6.07) is 29.2. The number of benzene rings is 3. The van der Waals surface area contributed by atoms with Gasteiger partial charge < -0.3 is 15.2 Å². The lowest BCUT2D eigenvalue weighted by molar-refractivity contribution is 0.0932. The van der Waals surface area contributed by atoms with Crippen LogP contribution in [0.3, 0.4) is 0 Å². The number of allylic oxidation sites excluding steroid dienone is 1. The Kier molecular flexibility index (Phi) is 9.46. The summed E-state index contributed by atoms with van der Waals surface area (Å²) in [5, 5.41) is 14.1. The molecule has 0 aliphatic heterocycles. The third-order valence-electron chi connectivity index (χ3n) is 5.90. The fraction of sp³-hybridized carbons (Fsp3) is 0.333. The van der Waals surface area contributed by atoms with Gasteiger partial charge in [0, 0.05) is 18.6 Å². The average Bonchev–Trinajstić information content (AvgIpc) is 2.84. The molecule has 180 valence electrons. The summed E-state index contributed by atoms with van der Waals surface area (Å²) in [6.07, 6.45) is 1.99. The Hall–Kier alpha value is -2.92. The van der Waals surface area contributed by atoms with Gasteiger partial charge in [0.1, 0.15) is 18.5 Å². The van der Waals surface area contributed by atoms with Gasteiger partial charge in [-0.15, -0.1) is 6.58 Å². The first-order valence-electron chi connectivity index (χ1n) is 11.9. The van der Waals surface area contributed by atoms with E-state index < -0.39 is 6.10 Å². The van der Waals surface area contributed by atoms with Crippen molar-refractivity contribution in [1.82, 2.24) is 10.2 Å². The first-order chi connectivity index (χ1) is 16.4. The van der Waals surface area contributed by atoms with Gasteiger partial charge in [-0.1, -0.05) is 84.9 Å². The highest BCUT2D eigenvalue weighted by atomic mass is 16.5. The standard InChI is InChI=1S/C30H38N2O2/c1-5-14-24-15-12-13-20-28(24)34-22-27(33)21-31-30(2,3)23-32(4)29(25-16-8-6-9-17-25)26-18-10-7-11-19-26/h5-13,15-20,27,29,31,33H,1,14,21-23H2,2-4H3. The van der Waals surface area contributed by atoms with Crippen LogP contribution in [0.1, 0.15) is 36.6 Å². The number of rotatable bonds is 13. The molecule has 0 aromatic heterocycles. The van der Waals surface area contributed by atoms with Crippen LogP contribution in [-0.4, -0.2) is 48.4 Å². The van der Waals surface area contributed by atoms with Gasteiger partial charge >= 0.3 is 0 Å². The molecule has 0 radical (unpaired) electrons. The molecule has 0 aliphatic carbocycles. The largest absolute Gasteiger partial charge is 0.491 e. The molecule has 0 saturated heterocycles. The van der Waals surface area contributed by atoms with Crippen molar-refractivity contribution in [3.05, 3.63) is 114 Å². The lowest BCUT2D eigenvalue weighted by Crippen LogP contribution is -2.51. The number of aliphatic hydroxyl groups is 1. The molecule has 0 bridgehead atoms. The predicted molar refractivity (Wildman–Crippen MR) is 141 cm³/mol. The second kappa shape index (κ2) is 12.5. The van der Waals surface area contributed by atoms with Crippen molar-refractivity contribution >= 4 is 0 Å². The molecule has 0 fully saturated rings. The molecule has 1 atom stereocenters. The molecule has 3 rings (SSSR count). The van der Waals surface area contributed by atoms with E-state index in [1.165, 1.54) is 11.1 Å². The smallest absolute Gasteiger partial charge is 0.122 e. The first kappa shape index (κ1) is 25.7. The number of β-amino-alcohol motifs (C(OH)–C–C–N with tert-alkyl or cyclic N) is 1. The Morgan fingerprint density at radius 1 is 0.941 bits per heavy atom. The van der Waals surface area contributed by atoms with Crippen LogP contribution in [-0.2, 0) is 6.42 Å². The maximum absolute atomic E-state index is 10.6. The SMILES string of the molecule is C=CCc1ccccc1OCC(O)CNC(C)(C)CN(C)C(c1ccccc1)c1ccccc1. The highest BCUT2D eigenvalue weighted by molar-refractivity contribution is 5.34. The summed E-state index contributed by atoms with van der Waals surface area (Å²) >= 11 is 0. The van der Waals surface area contributed by atoms with E-state index in [4.69, 9.17) is 4.74 Å². The van der Waals surface area contributed by atoms with Crippen LogP contribution < -0.4 is 10.1 Å². The zero-order valence-corrected chi connectivity index (χ0v) is 20.7. The third-order valence-corrected chi connectivity index (χ3v) is 5.90. The van der Waals surface area contributed by atoms with Crippen molar-refractivity contribution < 1.29 is 9.84 Å². The van der Waals surface area contributed by atoms with Gasteiger partial charge in [0.15, 0.2) is 0 Å². The fourth-order valence-corrected chi connectivity index (χ4v) is 4.35. The summed E-state index contributed by atoms with van der Waals surface area (Å²) < 4.78 is 5.90. The molecule has 0 heterocycles. The molecule has 0 amide bonds. The molecule has 0 aliphatic rings. The zero-order valence-electron chi connectivity index (χ0n) is 20.7. The van der Waals surface area contributed by atoms with Crippen LogP contribution in [0.2, 0.25) is 0 Å². The van der Waals surface area contributed by atoms with Crippen LogP contribution in [0, 0.1) is 0 Å². The van der Waals surface area contributed by atoms with E-state index in [0.29, 0.717) is 6.54 Å². The van der Waals surface area contributed by atoms with Gasteiger partial charge in [-0.3, -0.25) is 4.90 Å². The van der Waals surface area contributed by atoms with Crippen molar-refractivity contribution in [2.24, 2.45) is 0 Å². The Bertz CT molecular complexity index is 965. The second-order valence-corrected chi connectivity index (χ2v) is 9.47. The molecule has 0 spiro atoms. The average molecular weight is 459 g/mol. The maximum atomic E-state index is 10.6. The molecule has 0 saturated carbocycles. The molecule has 4 heteroatoms. The van der Waals surface area contributed by atoms with Crippen LogP contribution in [0.25, 0.3) is 0 Å². The van der Waals surface area contributed by atoms with E-state index in [0.717, 1.165) is 24.3 Å². The summed E-state index contributed by atoms with van der Waals surface area (Å²) in [4.78, 5) is 2.37. The lowest BCUT2D eigenvalue weighted by Gasteiger charge is -2.37. The minimum atomic E-state index is -0.611. The van der Waals surface area contributed by atoms with Crippen molar-refractivity contribution in [2.45, 2.75) is 38.0 Å². The van der Waals surface area contributed by atoms with Gasteiger partial charge in [0.25, 0.3) is 0 Å². The first-order valence-corrected chi connectivity index (χ1v) is 11.9. The molecule has 3 aromatic carbocycles. The molecule has 3 aromatic rings. The summed E-state index contributed by atoms with van der Waals surface area (Å²) in [5.74, 6) is 0.800. The highest BCUT2D eigenvalue weighted by Crippen LogP contribution is 2.28. The van der Waals surface area contributed by atoms with Gasteiger partial charge in [0.2, 0.25) is 0 Å². The third kappa shape index (κ3) is 7.56. The summed E-state index contributed by atoms with van der Waals surface area (Å²) in [7, 11) is 2.16. The van der Waals surface area contributed by atoms with E-state index in [9.17, 15) is 5.11 Å². The normalized spacial score (nSPS) is 12.6. The Labute approximate surface area is 204 Å². The van der Waals surface area contributed by atoms with Crippen molar-refractivity contribution in [2.75, 3.05) is 26.7 Å². The van der Waals surface area contributed by atoms with Gasteiger partial charge in [-0.25, -0.2) is 0 Å². The number of ether oxygens (including phenoxy) is 1. The number of aliphatic hydroxyl groups excluding tert-OH is 1. The van der Waals surface area contributed by atoms with Crippen molar-refractivity contribution in [1.29, 1.82) is 0 Å². The predicted octanol–water partition coefficient (Wildman–Crippen LogP) is 5.24. The zero-order chi connectivity index (χ0) is 24.4. The lowest BCUT2D eigenvalue weighted by atomic mass is 9.95. The van der Waals surface area contributed by atoms with Crippen LogP contribution >= 0.6 is 0 Å². The van der Waals surface area contributed by atoms with E-state index in [-0.39, 0.29) is 18.2 Å². The van der Waals surface area contributed by atoms with Gasteiger partial charge in [-0.05, 0) is 50.1 Å². The maximum Gasteiger partial charge on any atom is 0.122 e. The number of hydrogen-bond acceptors (Lipinski definition) is 4. The van der Waals surface area contributed by atoms with Crippen LogP contribution in [0.15, 0.2) is 97.6 Å². The van der Waals surface area contributed by atoms with Crippen LogP contribution in [0.4, 0.5) is 0 Å². The number of likely N-dealkylation sites (N-methyl/N-ethyl adjacent to an activating group) is 1. The summed E-state index contributed by atoms with van der Waals surface area (Å²) in [5.41, 5.74) is 3.39. The molecule has 4 nitrogen and oxygen atoms in total. The number of hydrogen-bond donors (Lipinski definition) is 2. The van der Waals surface area contributed by atoms with Crippen LogP contribution in [0.5, 0.6) is 5.75 Å². The van der Waals surface area contributed by atoms with Gasteiger partial charge in [-0.2, -0.15) is 0 Å².